The predicted octanol–water partition coefficient (Wildman–Crippen LogP) is 15.1. The van der Waals surface area contributed by atoms with E-state index < -0.39 is 9.85 Å². The maximum absolute atomic E-state index is 11.9. The summed E-state index contributed by atoms with van der Waals surface area (Å²) in [5.74, 6) is 1.44. The molecule has 70 heavy (non-hydrogen) atoms. The Morgan fingerprint density at radius 2 is 0.800 bits per heavy atom. The van der Waals surface area contributed by atoms with Crippen LogP contribution in [0.4, 0.5) is 11.4 Å². The van der Waals surface area contributed by atoms with Gasteiger partial charge in [-0.05, 0) is 156 Å². The molecule has 12 heteroatoms. The fraction of sp³-hybridized carbons (Fsp3) is 0.241. The Balaban J connectivity index is 1.41. The second-order valence-electron chi connectivity index (χ2n) is 20.1. The van der Waals surface area contributed by atoms with Crippen LogP contribution >= 0.6 is 0 Å². The number of rotatable bonds is 4. The van der Waals surface area contributed by atoms with E-state index >= 15 is 0 Å². The van der Waals surface area contributed by atoms with Crippen molar-refractivity contribution in [2.45, 2.75) is 78.1 Å². The number of fused-ring (bicyclic) bond motifs is 7. The molecular formula is C58H54N6O6. The van der Waals surface area contributed by atoms with Gasteiger partial charge in [0.1, 0.15) is 11.5 Å². The molecule has 0 spiro atoms. The highest BCUT2D eigenvalue weighted by atomic mass is 16.6. The monoisotopic (exact) mass is 930 g/mol. The number of nitro groups is 2. The summed E-state index contributed by atoms with van der Waals surface area (Å²) in [5.41, 5.74) is 13.8. The van der Waals surface area contributed by atoms with Crippen molar-refractivity contribution >= 4 is 57.7 Å². The summed E-state index contributed by atoms with van der Waals surface area (Å²) in [7, 11) is 0. The van der Waals surface area contributed by atoms with Crippen molar-refractivity contribution in [3.05, 3.63) is 163 Å². The molecule has 0 saturated heterocycles. The normalized spacial score (nSPS) is 13.9. The zero-order valence-electron chi connectivity index (χ0n) is 40.2. The van der Waals surface area contributed by atoms with Crippen LogP contribution < -0.4 is 9.47 Å². The van der Waals surface area contributed by atoms with Crippen LogP contribution in [0.1, 0.15) is 101 Å². The third-order valence-corrected chi connectivity index (χ3v) is 13.3. The zero-order chi connectivity index (χ0) is 48.9. The van der Waals surface area contributed by atoms with Gasteiger partial charge in [0.15, 0.2) is 0 Å². The van der Waals surface area contributed by atoms with E-state index in [-0.39, 0.29) is 22.2 Å². The first-order chi connectivity index (χ1) is 33.6. The molecule has 0 saturated carbocycles. The summed E-state index contributed by atoms with van der Waals surface area (Å²) >= 11 is 0. The van der Waals surface area contributed by atoms with Gasteiger partial charge in [0.2, 0.25) is 0 Å². The lowest BCUT2D eigenvalue weighted by Gasteiger charge is -2.22. The van der Waals surface area contributed by atoms with Crippen molar-refractivity contribution in [1.82, 2.24) is 19.9 Å². The number of nitrogens with zero attached hydrogens (tertiary/aromatic N) is 4. The van der Waals surface area contributed by atoms with Gasteiger partial charge in [-0.25, -0.2) is 9.97 Å². The number of H-pyrrole nitrogens is 2. The molecule has 0 atom stereocenters. The molecule has 4 aliphatic rings. The van der Waals surface area contributed by atoms with Gasteiger partial charge in [-0.1, -0.05) is 53.7 Å². The quantitative estimate of drug-likeness (QED) is 0.130. The summed E-state index contributed by atoms with van der Waals surface area (Å²) in [5, 5.41) is 23.8. The van der Waals surface area contributed by atoms with Crippen LogP contribution in [0.3, 0.4) is 0 Å². The van der Waals surface area contributed by atoms with E-state index in [9.17, 15) is 20.2 Å². The summed E-state index contributed by atoms with van der Waals surface area (Å²) in [6, 6.07) is 34.1. The van der Waals surface area contributed by atoms with Gasteiger partial charge in [0.05, 0.1) is 45.8 Å². The highest BCUT2D eigenvalue weighted by molar-refractivity contribution is 6.01. The van der Waals surface area contributed by atoms with Crippen LogP contribution in [-0.4, -0.2) is 43.0 Å². The molecule has 3 aromatic heterocycles. The van der Waals surface area contributed by atoms with Crippen LogP contribution in [0.2, 0.25) is 0 Å². The Bertz CT molecular complexity index is 3230. The SMILES string of the molecule is CC(C)(C)c1ccc2c(c1)-c1c3nc(c(-c4ccc([N+](=O)[O-])cc4)c4ccc([nH]4)c(c4nc(c(-c5ccc([N+](=O)[O-])cc5)c5ccc1[nH]5)C=C4)-c1cc(C(C)(C)C)ccc1OCCCCCCO2)C=C3. The first-order valence-corrected chi connectivity index (χ1v) is 23.8. The summed E-state index contributed by atoms with van der Waals surface area (Å²) in [4.78, 5) is 41.6. The third-order valence-electron chi connectivity index (χ3n) is 13.3. The van der Waals surface area contributed by atoms with E-state index in [1.807, 2.05) is 48.6 Å². The van der Waals surface area contributed by atoms with Crippen LogP contribution in [0, 0.1) is 20.2 Å². The average molecular weight is 931 g/mol. The first-order valence-electron chi connectivity index (χ1n) is 23.8. The number of ether oxygens (including phenoxy) is 2. The molecule has 0 aliphatic carbocycles. The second-order valence-corrected chi connectivity index (χ2v) is 20.1. The Kier molecular flexibility index (Phi) is 11.8. The highest BCUT2D eigenvalue weighted by Crippen LogP contribution is 2.44. The summed E-state index contributed by atoms with van der Waals surface area (Å²) in [6.07, 6.45) is 11.7. The zero-order valence-corrected chi connectivity index (χ0v) is 40.2. The Hall–Kier alpha value is -8.12. The number of hydrogen-bond donors (Lipinski definition) is 2. The van der Waals surface area contributed by atoms with E-state index in [1.165, 1.54) is 24.3 Å². The van der Waals surface area contributed by atoms with Crippen molar-refractivity contribution in [3.8, 4) is 56.0 Å². The number of benzene rings is 4. The standard InChI is InChI=1S/C58H54N6O6/c1-57(2,3)37-15-29-51-41(33-37)55-47-25-21-43(59-47)53(35-11-17-39(18-12-35)63(65)66)45-23-27-49(61-45)56(42-34-38(58(4,5)6)16-30-52(42)70-32-10-8-7-9-31-69-51)50-28-24-46(62-50)54(44-22-26-48(55)60-44)36-13-19-40(20-14-36)64(67)68/h11-30,33-34,59,62H,7-10,31-32H2,1-6H3. The Morgan fingerprint density at radius 1 is 0.457 bits per heavy atom. The number of aromatic nitrogens is 4. The van der Waals surface area contributed by atoms with Crippen LogP contribution in [-0.2, 0) is 10.8 Å². The molecule has 0 unspecified atom stereocenters. The van der Waals surface area contributed by atoms with Crippen molar-refractivity contribution in [2.75, 3.05) is 13.2 Å². The van der Waals surface area contributed by atoms with Gasteiger partial charge in [-0.15, -0.1) is 0 Å². The van der Waals surface area contributed by atoms with Gasteiger partial charge in [0, 0.05) is 79.7 Å². The molecule has 7 aromatic rings. The van der Waals surface area contributed by atoms with Crippen molar-refractivity contribution in [1.29, 1.82) is 0 Å². The molecular weight excluding hydrogens is 877 g/mol. The Morgan fingerprint density at radius 3 is 1.14 bits per heavy atom. The molecule has 4 aliphatic heterocycles. The molecule has 0 fully saturated rings. The minimum Gasteiger partial charge on any atom is -0.493 e. The molecule has 0 amide bonds. The van der Waals surface area contributed by atoms with Gasteiger partial charge >= 0.3 is 0 Å². The van der Waals surface area contributed by atoms with Crippen LogP contribution in [0.25, 0.3) is 90.9 Å². The van der Waals surface area contributed by atoms with E-state index in [0.29, 0.717) is 36.0 Å². The maximum atomic E-state index is 11.9. The summed E-state index contributed by atoms with van der Waals surface area (Å²) < 4.78 is 13.5. The maximum Gasteiger partial charge on any atom is 0.269 e. The number of nitrogens with one attached hydrogen (secondary N) is 2. The fourth-order valence-electron chi connectivity index (χ4n) is 9.44. The molecule has 11 rings (SSSR count). The highest BCUT2D eigenvalue weighted by Gasteiger charge is 2.25. The second kappa shape index (κ2) is 18.1. The van der Waals surface area contributed by atoms with E-state index in [4.69, 9.17) is 19.4 Å². The number of aromatic amines is 2. The number of non-ortho nitro benzene ring substituents is 2. The fourth-order valence-corrected chi connectivity index (χ4v) is 9.44. The largest absolute Gasteiger partial charge is 0.493 e. The minimum absolute atomic E-state index is 0.0147. The summed E-state index contributed by atoms with van der Waals surface area (Å²) in [6.45, 7) is 14.2. The van der Waals surface area contributed by atoms with Crippen LogP contribution in [0.15, 0.2) is 109 Å². The molecule has 7 heterocycles. The number of nitro benzene ring substituents is 2. The van der Waals surface area contributed by atoms with E-state index in [0.717, 1.165) is 115 Å². The van der Waals surface area contributed by atoms with Gasteiger partial charge in [-0.2, -0.15) is 0 Å². The van der Waals surface area contributed by atoms with Crippen molar-refractivity contribution in [2.24, 2.45) is 0 Å². The van der Waals surface area contributed by atoms with Gasteiger partial charge < -0.3 is 19.4 Å². The smallest absolute Gasteiger partial charge is 0.269 e. The Labute approximate surface area is 406 Å². The van der Waals surface area contributed by atoms with Gasteiger partial charge in [-0.3, -0.25) is 20.2 Å². The average Bonchev–Trinajstić information content (AvgIpc) is 4.18. The minimum atomic E-state index is -0.393. The predicted molar refractivity (Wildman–Crippen MR) is 281 cm³/mol. The third kappa shape index (κ3) is 8.88. The molecule has 12 nitrogen and oxygen atoms in total. The van der Waals surface area contributed by atoms with E-state index in [2.05, 4.69) is 87.9 Å². The first kappa shape index (κ1) is 45.7. The topological polar surface area (TPSA) is 162 Å². The van der Waals surface area contributed by atoms with Crippen molar-refractivity contribution in [3.63, 3.8) is 0 Å². The molecule has 352 valence electrons. The molecule has 2 N–H and O–H groups in total. The number of hydrogen-bond acceptors (Lipinski definition) is 8. The molecule has 4 aromatic carbocycles. The molecule has 10 bridgehead atoms. The van der Waals surface area contributed by atoms with E-state index in [1.54, 1.807) is 24.3 Å². The lowest BCUT2D eigenvalue weighted by Crippen LogP contribution is -2.11. The van der Waals surface area contributed by atoms with Crippen molar-refractivity contribution < 1.29 is 19.3 Å². The lowest BCUT2D eigenvalue weighted by atomic mass is 9.85. The molecule has 0 radical (unpaired) electrons. The van der Waals surface area contributed by atoms with Crippen LogP contribution in [0.5, 0.6) is 11.5 Å². The lowest BCUT2D eigenvalue weighted by molar-refractivity contribution is -0.385. The van der Waals surface area contributed by atoms with Gasteiger partial charge in [0.25, 0.3) is 11.4 Å².